The highest BCUT2D eigenvalue weighted by Crippen LogP contribution is 2.36. The fourth-order valence-corrected chi connectivity index (χ4v) is 8.99. The quantitative estimate of drug-likeness (QED) is 0.0287. The van der Waals surface area contributed by atoms with Gasteiger partial charge in [0.25, 0.3) is 5.91 Å². The molecule has 0 aliphatic carbocycles. The number of halogens is 4. The second-order valence-corrected chi connectivity index (χ2v) is 20.4. The minimum atomic E-state index is -4.69. The number of carbonyl (C=O) groups excluding carboxylic acids is 5. The number of ether oxygens (including phenoxy) is 5. The number of hydrogen-bond donors (Lipinski definition) is 6. The molecule has 0 spiro atoms. The Kier molecular flexibility index (Phi) is 22.3. The maximum Gasteiger partial charge on any atom is 0.417 e. The number of rotatable bonds is 26. The van der Waals surface area contributed by atoms with Crippen molar-refractivity contribution in [2.24, 2.45) is 5.41 Å². The van der Waals surface area contributed by atoms with Crippen LogP contribution in [0.3, 0.4) is 0 Å². The van der Waals surface area contributed by atoms with Crippen LogP contribution >= 0.6 is 22.9 Å². The number of aliphatic hydroxyl groups excluding tert-OH is 1. The molecule has 2 aromatic heterocycles. The van der Waals surface area contributed by atoms with Crippen LogP contribution in [0, 0.1) is 12.3 Å². The van der Waals surface area contributed by atoms with Crippen LogP contribution in [0.25, 0.3) is 10.4 Å². The van der Waals surface area contributed by atoms with Gasteiger partial charge in [-0.05, 0) is 78.9 Å². The summed E-state index contributed by atoms with van der Waals surface area (Å²) in [6.45, 7) is 11.4. The molecule has 0 radical (unpaired) electrons. The van der Waals surface area contributed by atoms with Crippen LogP contribution in [0.2, 0.25) is 5.02 Å². The molecule has 0 bridgehead atoms. The zero-order valence-electron chi connectivity index (χ0n) is 43.7. The highest BCUT2D eigenvalue weighted by atomic mass is 35.5. The summed E-state index contributed by atoms with van der Waals surface area (Å²) in [5.41, 5.74) is 3.21. The molecule has 6 N–H and O–H groups in total. The van der Waals surface area contributed by atoms with Crippen molar-refractivity contribution in [3.05, 3.63) is 118 Å². The predicted octanol–water partition coefficient (Wildman–Crippen LogP) is 8.18. The summed E-state index contributed by atoms with van der Waals surface area (Å²) in [4.78, 5) is 76.7. The average Bonchev–Trinajstić information content (AvgIpc) is 4.02. The van der Waals surface area contributed by atoms with E-state index in [0.717, 1.165) is 33.8 Å². The lowest BCUT2D eigenvalue weighted by molar-refractivity contribution is -0.144. The van der Waals surface area contributed by atoms with E-state index < -0.39 is 64.1 Å². The number of aliphatic hydroxyl groups is 1. The van der Waals surface area contributed by atoms with E-state index in [1.165, 1.54) is 35.4 Å². The zero-order valence-corrected chi connectivity index (χ0v) is 45.3. The third-order valence-corrected chi connectivity index (χ3v) is 13.3. The number of nitrogens with one attached hydrogen (secondary N) is 5. The molecule has 0 saturated carbocycles. The van der Waals surface area contributed by atoms with E-state index in [1.54, 1.807) is 35.0 Å². The van der Waals surface area contributed by atoms with Crippen LogP contribution in [0.15, 0.2) is 90.6 Å². The topological polar surface area (TPSA) is 241 Å². The van der Waals surface area contributed by atoms with Crippen molar-refractivity contribution in [3.63, 3.8) is 0 Å². The molecule has 6 rings (SSSR count). The summed E-state index contributed by atoms with van der Waals surface area (Å²) in [5, 5.41) is 23.5. The standard InChI is InChI=1S/C54H64ClF3N8O11S/c1-33(35-6-8-36(9-7-35)47-34(2)61-32-78-47)62-50(70)45-29-39(67)31-66(45)51(71)48(53(3,4)5)65-46(68)17-20-73-22-24-75-26-27-76-25-23-74-21-19-60-49(69)44-30-41(16-18-59-44)77-40-13-10-37(11-14-40)63-52(72)64-38-12-15-43(55)42(28-38)54(56,57)58/h6-16,18,28,30,32-33,39,45,48,67H,17,19-27,29,31H2,1-5H3,(H,60,69)(H,62,70)(H,65,68)(H2,63,64,72)/t33?,39-,45+,48?/m1/s1. The molecular weight excluding hydrogens is 1060 g/mol. The van der Waals surface area contributed by atoms with Gasteiger partial charge in [-0.3, -0.25) is 24.2 Å². The van der Waals surface area contributed by atoms with E-state index >= 15 is 0 Å². The number of thiazole rings is 1. The van der Waals surface area contributed by atoms with Gasteiger partial charge in [0.2, 0.25) is 17.7 Å². The highest BCUT2D eigenvalue weighted by molar-refractivity contribution is 7.13. The van der Waals surface area contributed by atoms with Crippen molar-refractivity contribution in [1.29, 1.82) is 0 Å². The Morgan fingerprint density at radius 3 is 2.05 bits per heavy atom. The summed E-state index contributed by atoms with van der Waals surface area (Å²) in [6, 6.07) is 17.0. The molecule has 78 heavy (non-hydrogen) atoms. The number of aromatic nitrogens is 2. The third-order valence-electron chi connectivity index (χ3n) is 12.0. The van der Waals surface area contributed by atoms with Crippen LogP contribution in [0.5, 0.6) is 11.5 Å². The Morgan fingerprint density at radius 1 is 0.795 bits per heavy atom. The first-order valence-electron chi connectivity index (χ1n) is 25.0. The number of likely N-dealkylation sites (tertiary alicyclic amines) is 1. The van der Waals surface area contributed by atoms with Gasteiger partial charge in [0, 0.05) is 49.6 Å². The van der Waals surface area contributed by atoms with Crippen molar-refractivity contribution in [2.45, 2.75) is 77.9 Å². The van der Waals surface area contributed by atoms with Gasteiger partial charge in [-0.2, -0.15) is 13.2 Å². The summed E-state index contributed by atoms with van der Waals surface area (Å²) < 4.78 is 67.6. The van der Waals surface area contributed by atoms with Crippen LogP contribution in [-0.4, -0.2) is 134 Å². The van der Waals surface area contributed by atoms with Crippen LogP contribution < -0.4 is 31.3 Å². The molecule has 2 unspecified atom stereocenters. The number of nitrogens with zero attached hydrogens (tertiary/aromatic N) is 3. The van der Waals surface area contributed by atoms with E-state index in [9.17, 15) is 42.3 Å². The van der Waals surface area contributed by atoms with Crippen LogP contribution in [0.4, 0.5) is 29.3 Å². The first kappa shape index (κ1) is 60.5. The monoisotopic (exact) mass is 1120 g/mol. The summed E-state index contributed by atoms with van der Waals surface area (Å²) >= 11 is 7.20. The van der Waals surface area contributed by atoms with Gasteiger partial charge in [0.15, 0.2) is 0 Å². The highest BCUT2D eigenvalue weighted by Gasteiger charge is 2.45. The molecule has 4 atom stereocenters. The fourth-order valence-electron chi connectivity index (χ4n) is 7.96. The maximum atomic E-state index is 14.0. The number of carbonyl (C=O) groups is 5. The predicted molar refractivity (Wildman–Crippen MR) is 286 cm³/mol. The average molecular weight is 1130 g/mol. The zero-order chi connectivity index (χ0) is 56.4. The molecule has 3 aromatic carbocycles. The van der Waals surface area contributed by atoms with Gasteiger partial charge < -0.3 is 60.3 Å². The van der Waals surface area contributed by atoms with Gasteiger partial charge in [-0.25, -0.2) is 9.78 Å². The van der Waals surface area contributed by atoms with Gasteiger partial charge in [0.05, 0.1) is 91.7 Å². The second kappa shape index (κ2) is 28.8. The van der Waals surface area contributed by atoms with E-state index in [0.29, 0.717) is 30.4 Å². The lowest BCUT2D eigenvalue weighted by Gasteiger charge is -2.35. The van der Waals surface area contributed by atoms with Crippen molar-refractivity contribution in [1.82, 2.24) is 30.8 Å². The van der Waals surface area contributed by atoms with Gasteiger partial charge in [-0.1, -0.05) is 56.6 Å². The van der Waals surface area contributed by atoms with Crippen molar-refractivity contribution >= 4 is 64.0 Å². The number of alkyl halides is 3. The Hall–Kier alpha value is -6.73. The molecule has 1 saturated heterocycles. The van der Waals surface area contributed by atoms with E-state index in [1.807, 2.05) is 58.9 Å². The fraction of sp³-hybridized carbons (Fsp3) is 0.426. The van der Waals surface area contributed by atoms with Crippen molar-refractivity contribution in [3.8, 4) is 21.9 Å². The summed E-state index contributed by atoms with van der Waals surface area (Å²) in [6.07, 6.45) is -4.12. The number of aryl methyl sites for hydroxylation is 1. The lowest BCUT2D eigenvalue weighted by atomic mass is 9.85. The molecule has 3 heterocycles. The summed E-state index contributed by atoms with van der Waals surface area (Å²) in [7, 11) is 0. The number of anilines is 2. The number of hydrogen-bond acceptors (Lipinski definition) is 14. The molecule has 1 aliphatic rings. The molecular formula is C54H64ClF3N8O11S. The molecule has 420 valence electrons. The number of benzene rings is 3. The third kappa shape index (κ3) is 18.5. The molecule has 6 amide bonds. The molecule has 1 fully saturated rings. The molecule has 19 nitrogen and oxygen atoms in total. The minimum Gasteiger partial charge on any atom is -0.457 e. The SMILES string of the molecule is Cc1ncsc1-c1ccc(C(C)NC(=O)[C@@H]2C[C@@H](O)CN2C(=O)C(NC(=O)CCOCCOCCOCCOCCNC(=O)c2cc(Oc3ccc(NC(=O)Nc4ccc(Cl)c(C(F)(F)F)c4)cc3)ccn2)C(C)(C)C)cc1. The van der Waals surface area contributed by atoms with Crippen molar-refractivity contribution in [2.75, 3.05) is 76.6 Å². The summed E-state index contributed by atoms with van der Waals surface area (Å²) in [5.74, 6) is -1.01. The first-order chi connectivity index (χ1) is 37.2. The Bertz CT molecular complexity index is 2800. The lowest BCUT2D eigenvalue weighted by Crippen LogP contribution is -2.58. The smallest absolute Gasteiger partial charge is 0.417 e. The van der Waals surface area contributed by atoms with Crippen molar-refractivity contribution < 1.29 is 65.9 Å². The minimum absolute atomic E-state index is 0.0141. The maximum absolute atomic E-state index is 14.0. The molecule has 1 aliphatic heterocycles. The largest absolute Gasteiger partial charge is 0.457 e. The Balaban J connectivity index is 0.785. The normalized spacial score (nSPS) is 15.3. The van der Waals surface area contributed by atoms with Gasteiger partial charge in [-0.15, -0.1) is 11.3 Å². The second-order valence-electron chi connectivity index (χ2n) is 19.1. The van der Waals surface area contributed by atoms with Crippen LogP contribution in [0.1, 0.15) is 73.9 Å². The van der Waals surface area contributed by atoms with Gasteiger partial charge in [0.1, 0.15) is 29.3 Å². The Labute approximate surface area is 458 Å². The number of pyridine rings is 1. The number of amides is 6. The number of urea groups is 1. The number of β-amino-alcohol motifs (C(OH)–C–C–N with tert-alkyl or cyclic N) is 1. The van der Waals surface area contributed by atoms with Gasteiger partial charge >= 0.3 is 12.2 Å². The van der Waals surface area contributed by atoms with E-state index in [2.05, 4.69) is 36.6 Å². The van der Waals surface area contributed by atoms with Crippen LogP contribution in [-0.2, 0) is 39.5 Å². The molecule has 24 heteroatoms. The Morgan fingerprint density at radius 2 is 1.42 bits per heavy atom. The first-order valence-corrected chi connectivity index (χ1v) is 26.3. The molecule has 5 aromatic rings. The van der Waals surface area contributed by atoms with E-state index in [-0.39, 0.29) is 88.9 Å². The van der Waals surface area contributed by atoms with E-state index in [4.69, 9.17) is 35.3 Å².